The van der Waals surface area contributed by atoms with Crippen molar-refractivity contribution in [3.63, 3.8) is 0 Å². The van der Waals surface area contributed by atoms with Gasteiger partial charge in [0.2, 0.25) is 10.0 Å². The molecular formula is C10H12N4O2S. The molecule has 0 aliphatic carbocycles. The number of pyridine rings is 1. The van der Waals surface area contributed by atoms with Crippen molar-refractivity contribution in [2.45, 2.75) is 6.54 Å². The molecule has 90 valence electrons. The van der Waals surface area contributed by atoms with Crippen LogP contribution in [-0.2, 0) is 16.6 Å². The van der Waals surface area contributed by atoms with E-state index in [1.165, 1.54) is 0 Å². The van der Waals surface area contributed by atoms with Crippen molar-refractivity contribution in [2.24, 2.45) is 0 Å². The Balaban J connectivity index is 2.29. The molecule has 0 saturated carbocycles. The molecule has 2 aromatic heterocycles. The molecule has 0 aromatic carbocycles. The highest BCUT2D eigenvalue weighted by atomic mass is 32.2. The molecule has 0 fully saturated rings. The van der Waals surface area contributed by atoms with Gasteiger partial charge in [-0.25, -0.2) is 22.8 Å². The normalized spacial score (nSPS) is 11.6. The second-order valence-electron chi connectivity index (χ2n) is 3.53. The molecule has 2 rings (SSSR count). The molecule has 2 heterocycles. The zero-order valence-electron chi connectivity index (χ0n) is 9.24. The fourth-order valence-electron chi connectivity index (χ4n) is 1.38. The van der Waals surface area contributed by atoms with E-state index in [4.69, 9.17) is 0 Å². The summed E-state index contributed by atoms with van der Waals surface area (Å²) in [4.78, 5) is 4.19. The summed E-state index contributed by atoms with van der Waals surface area (Å²) in [6.45, 7) is 0.196. The topological polar surface area (TPSA) is 76.9 Å². The van der Waals surface area contributed by atoms with Gasteiger partial charge in [0.05, 0.1) is 6.26 Å². The molecule has 0 spiro atoms. The van der Waals surface area contributed by atoms with Crippen molar-refractivity contribution >= 4 is 10.0 Å². The molecule has 0 aliphatic rings. The van der Waals surface area contributed by atoms with Crippen molar-refractivity contribution in [3.05, 3.63) is 42.4 Å². The first kappa shape index (κ1) is 11.7. The molecule has 2 aromatic rings. The van der Waals surface area contributed by atoms with Crippen LogP contribution < -0.4 is 4.72 Å². The van der Waals surface area contributed by atoms with Crippen LogP contribution in [0.4, 0.5) is 0 Å². The second kappa shape index (κ2) is 4.64. The lowest BCUT2D eigenvalue weighted by molar-refractivity contribution is 0.587. The van der Waals surface area contributed by atoms with Crippen molar-refractivity contribution < 1.29 is 8.42 Å². The van der Waals surface area contributed by atoms with Gasteiger partial charge in [-0.2, -0.15) is 5.10 Å². The molecule has 17 heavy (non-hydrogen) atoms. The molecule has 7 heteroatoms. The number of nitrogens with zero attached hydrogens (tertiary/aromatic N) is 3. The van der Waals surface area contributed by atoms with Crippen LogP contribution >= 0.6 is 0 Å². The van der Waals surface area contributed by atoms with Gasteiger partial charge in [0.1, 0.15) is 0 Å². The van der Waals surface area contributed by atoms with Gasteiger partial charge in [0, 0.05) is 30.7 Å². The Morgan fingerprint density at radius 1 is 1.35 bits per heavy atom. The number of nitrogens with one attached hydrogen (secondary N) is 1. The average molecular weight is 252 g/mol. The van der Waals surface area contributed by atoms with Crippen LogP contribution in [0.25, 0.3) is 5.82 Å². The Labute approximate surface area is 99.4 Å². The van der Waals surface area contributed by atoms with Gasteiger partial charge >= 0.3 is 0 Å². The SMILES string of the molecule is CS(=O)(=O)NCc1cccnc1-n1cccn1. The van der Waals surface area contributed by atoms with E-state index in [1.807, 2.05) is 6.07 Å². The zero-order valence-corrected chi connectivity index (χ0v) is 10.1. The maximum absolute atomic E-state index is 11.0. The predicted molar refractivity (Wildman–Crippen MR) is 63.0 cm³/mol. The predicted octanol–water partition coefficient (Wildman–Crippen LogP) is 0.316. The lowest BCUT2D eigenvalue weighted by atomic mass is 10.2. The van der Waals surface area contributed by atoms with Gasteiger partial charge in [0.25, 0.3) is 0 Å². The summed E-state index contributed by atoms with van der Waals surface area (Å²) in [5.41, 5.74) is 0.765. The summed E-state index contributed by atoms with van der Waals surface area (Å²) in [7, 11) is -3.22. The first-order chi connectivity index (χ1) is 8.06. The molecule has 0 unspecified atom stereocenters. The van der Waals surface area contributed by atoms with E-state index in [0.29, 0.717) is 5.82 Å². The minimum absolute atomic E-state index is 0.196. The molecule has 0 amide bonds. The van der Waals surface area contributed by atoms with Gasteiger partial charge in [-0.15, -0.1) is 0 Å². The summed E-state index contributed by atoms with van der Waals surface area (Å²) < 4.78 is 26.1. The van der Waals surface area contributed by atoms with Crippen molar-refractivity contribution in [3.8, 4) is 5.82 Å². The van der Waals surface area contributed by atoms with Crippen LogP contribution in [0.15, 0.2) is 36.8 Å². The second-order valence-corrected chi connectivity index (χ2v) is 5.36. The Bertz CT molecular complexity index is 593. The van der Waals surface area contributed by atoms with Crippen molar-refractivity contribution in [1.29, 1.82) is 0 Å². The number of aromatic nitrogens is 3. The van der Waals surface area contributed by atoms with Crippen LogP contribution in [0, 0.1) is 0 Å². The quantitative estimate of drug-likeness (QED) is 0.850. The van der Waals surface area contributed by atoms with E-state index in [-0.39, 0.29) is 6.54 Å². The molecule has 0 bridgehead atoms. The Morgan fingerprint density at radius 2 is 2.18 bits per heavy atom. The van der Waals surface area contributed by atoms with E-state index in [0.717, 1.165) is 11.8 Å². The van der Waals surface area contributed by atoms with Crippen LogP contribution in [0.3, 0.4) is 0 Å². The van der Waals surface area contributed by atoms with Crippen LogP contribution in [0.1, 0.15) is 5.56 Å². The molecular weight excluding hydrogens is 240 g/mol. The Kier molecular flexibility index (Phi) is 3.21. The fourth-order valence-corrected chi connectivity index (χ4v) is 1.80. The smallest absolute Gasteiger partial charge is 0.209 e. The molecule has 0 atom stereocenters. The minimum Gasteiger partial charge on any atom is -0.237 e. The number of sulfonamides is 1. The summed E-state index contributed by atoms with van der Waals surface area (Å²) in [5.74, 6) is 0.619. The summed E-state index contributed by atoms with van der Waals surface area (Å²) in [6.07, 6.45) is 6.16. The monoisotopic (exact) mass is 252 g/mol. The Morgan fingerprint density at radius 3 is 2.82 bits per heavy atom. The molecule has 1 N–H and O–H groups in total. The standard InChI is InChI=1S/C10H12N4O2S/c1-17(15,16)13-8-9-4-2-5-11-10(9)14-7-3-6-12-14/h2-7,13H,8H2,1H3. The van der Waals surface area contributed by atoms with Crippen molar-refractivity contribution in [2.75, 3.05) is 6.26 Å². The number of rotatable bonds is 4. The molecule has 6 nitrogen and oxygen atoms in total. The van der Waals surface area contributed by atoms with Gasteiger partial charge in [0.15, 0.2) is 5.82 Å². The third-order valence-electron chi connectivity index (χ3n) is 2.11. The molecule has 0 saturated heterocycles. The number of hydrogen-bond acceptors (Lipinski definition) is 4. The minimum atomic E-state index is -3.22. The Hall–Kier alpha value is -1.73. The zero-order chi connectivity index (χ0) is 12.3. The maximum atomic E-state index is 11.0. The van der Waals surface area contributed by atoms with E-state index < -0.39 is 10.0 Å². The highest BCUT2D eigenvalue weighted by molar-refractivity contribution is 7.88. The maximum Gasteiger partial charge on any atom is 0.209 e. The van der Waals surface area contributed by atoms with Crippen LogP contribution in [-0.4, -0.2) is 29.4 Å². The van der Waals surface area contributed by atoms with E-state index >= 15 is 0 Å². The largest absolute Gasteiger partial charge is 0.237 e. The summed E-state index contributed by atoms with van der Waals surface area (Å²) >= 11 is 0. The highest BCUT2D eigenvalue weighted by Gasteiger charge is 2.08. The molecule has 0 radical (unpaired) electrons. The highest BCUT2D eigenvalue weighted by Crippen LogP contribution is 2.09. The van der Waals surface area contributed by atoms with E-state index in [9.17, 15) is 8.42 Å². The third kappa shape index (κ3) is 3.11. The van der Waals surface area contributed by atoms with Gasteiger partial charge in [-0.1, -0.05) is 6.07 Å². The van der Waals surface area contributed by atoms with Gasteiger partial charge in [-0.05, 0) is 12.1 Å². The first-order valence-corrected chi connectivity index (χ1v) is 6.84. The van der Waals surface area contributed by atoms with Gasteiger partial charge in [-0.3, -0.25) is 0 Å². The first-order valence-electron chi connectivity index (χ1n) is 4.95. The third-order valence-corrected chi connectivity index (χ3v) is 2.78. The average Bonchev–Trinajstić information content (AvgIpc) is 2.79. The van der Waals surface area contributed by atoms with E-state index in [1.54, 1.807) is 35.4 Å². The van der Waals surface area contributed by atoms with Crippen LogP contribution in [0.5, 0.6) is 0 Å². The lowest BCUT2D eigenvalue weighted by Gasteiger charge is -2.08. The van der Waals surface area contributed by atoms with Crippen LogP contribution in [0.2, 0.25) is 0 Å². The lowest BCUT2D eigenvalue weighted by Crippen LogP contribution is -2.22. The summed E-state index contributed by atoms with van der Waals surface area (Å²) in [6, 6.07) is 5.34. The van der Waals surface area contributed by atoms with E-state index in [2.05, 4.69) is 14.8 Å². The van der Waals surface area contributed by atoms with Crippen molar-refractivity contribution in [1.82, 2.24) is 19.5 Å². The molecule has 0 aliphatic heterocycles. The summed E-state index contributed by atoms with van der Waals surface area (Å²) in [5, 5.41) is 4.07. The van der Waals surface area contributed by atoms with Gasteiger partial charge < -0.3 is 0 Å². The number of hydrogen-bond donors (Lipinski definition) is 1. The fraction of sp³-hybridized carbons (Fsp3) is 0.200.